The molecule has 2 aromatic carbocycles. The van der Waals surface area contributed by atoms with E-state index in [1.165, 1.54) is 0 Å². The van der Waals surface area contributed by atoms with E-state index >= 15 is 0 Å². The second-order valence-electron chi connectivity index (χ2n) is 7.02. The summed E-state index contributed by atoms with van der Waals surface area (Å²) in [5.74, 6) is 1.88. The van der Waals surface area contributed by atoms with E-state index in [0.29, 0.717) is 16.6 Å². The number of halogens is 1. The second-order valence-corrected chi connectivity index (χ2v) is 7.42. The summed E-state index contributed by atoms with van der Waals surface area (Å²) in [7, 11) is 0. The molecule has 2 aliphatic rings. The Morgan fingerprint density at radius 3 is 2.61 bits per heavy atom. The lowest BCUT2D eigenvalue weighted by molar-refractivity contribution is -0.118. The Bertz CT molecular complexity index is 1060. The maximum absolute atomic E-state index is 13.0. The normalized spacial score (nSPS) is 15.9. The molecule has 0 unspecified atom stereocenters. The van der Waals surface area contributed by atoms with E-state index in [1.807, 2.05) is 48.5 Å². The molecule has 0 bridgehead atoms. The van der Waals surface area contributed by atoms with Crippen molar-refractivity contribution in [3.8, 4) is 22.6 Å². The Balaban J connectivity index is 1.35. The van der Waals surface area contributed by atoms with Crippen LogP contribution in [0.25, 0.3) is 11.1 Å². The van der Waals surface area contributed by atoms with Gasteiger partial charge in [0.05, 0.1) is 5.41 Å². The highest BCUT2D eigenvalue weighted by Gasteiger charge is 2.51. The third kappa shape index (κ3) is 2.88. The van der Waals surface area contributed by atoms with Gasteiger partial charge in [-0.15, -0.1) is 0 Å². The van der Waals surface area contributed by atoms with Crippen LogP contribution in [0.15, 0.2) is 60.8 Å². The quantitative estimate of drug-likeness (QED) is 0.692. The number of hydrogen-bond donors (Lipinski definition) is 1. The molecule has 5 rings (SSSR count). The number of carbonyl (C=O) groups is 1. The molecule has 3 aromatic rings. The molecule has 28 heavy (non-hydrogen) atoms. The van der Waals surface area contributed by atoms with Gasteiger partial charge in [0, 0.05) is 22.3 Å². The molecule has 2 heterocycles. The number of fused-ring (bicyclic) bond motifs is 1. The summed E-state index contributed by atoms with van der Waals surface area (Å²) in [5, 5.41) is 3.62. The fraction of sp³-hybridized carbons (Fsp3) is 0.182. The Kier molecular flexibility index (Phi) is 3.98. The van der Waals surface area contributed by atoms with Crippen molar-refractivity contribution in [2.45, 2.75) is 18.3 Å². The molecule has 1 aliphatic heterocycles. The molecule has 5 nitrogen and oxygen atoms in total. The largest absolute Gasteiger partial charge is 0.454 e. The Hall–Kier alpha value is -3.05. The molecular formula is C22H17ClN2O3. The van der Waals surface area contributed by atoms with Gasteiger partial charge in [0.1, 0.15) is 5.82 Å². The summed E-state index contributed by atoms with van der Waals surface area (Å²) in [4.78, 5) is 17.4. The van der Waals surface area contributed by atoms with Crippen LogP contribution in [0.2, 0.25) is 5.02 Å². The van der Waals surface area contributed by atoms with Crippen molar-refractivity contribution >= 4 is 23.3 Å². The van der Waals surface area contributed by atoms with Crippen molar-refractivity contribution < 1.29 is 14.3 Å². The molecule has 1 aliphatic carbocycles. The van der Waals surface area contributed by atoms with E-state index in [0.717, 1.165) is 35.3 Å². The van der Waals surface area contributed by atoms with E-state index < -0.39 is 5.41 Å². The first-order valence-electron chi connectivity index (χ1n) is 9.08. The zero-order valence-corrected chi connectivity index (χ0v) is 15.7. The first kappa shape index (κ1) is 17.1. The maximum Gasteiger partial charge on any atom is 0.236 e. The molecule has 1 fully saturated rings. The highest BCUT2D eigenvalue weighted by molar-refractivity contribution is 6.33. The van der Waals surface area contributed by atoms with Crippen LogP contribution in [0, 0.1) is 0 Å². The van der Waals surface area contributed by atoms with Gasteiger partial charge in [-0.25, -0.2) is 4.98 Å². The summed E-state index contributed by atoms with van der Waals surface area (Å²) >= 11 is 6.24. The fourth-order valence-corrected chi connectivity index (χ4v) is 3.77. The van der Waals surface area contributed by atoms with Gasteiger partial charge in [0.15, 0.2) is 11.5 Å². The molecule has 1 amide bonds. The van der Waals surface area contributed by atoms with Crippen molar-refractivity contribution in [2.24, 2.45) is 0 Å². The highest BCUT2D eigenvalue weighted by atomic mass is 35.5. The third-order valence-corrected chi connectivity index (χ3v) is 5.63. The standard InChI is InChI=1S/C22H17ClN2O3/c23-17-4-2-1-3-16(17)14-5-8-20(24-12-14)25-21(26)22(9-10-22)15-6-7-18-19(11-15)28-13-27-18/h1-8,11-12H,9-10,13H2,(H,24,25,26). The minimum Gasteiger partial charge on any atom is -0.454 e. The van der Waals surface area contributed by atoms with E-state index in [9.17, 15) is 4.79 Å². The van der Waals surface area contributed by atoms with Crippen molar-refractivity contribution in [2.75, 3.05) is 12.1 Å². The van der Waals surface area contributed by atoms with Crippen LogP contribution in [-0.2, 0) is 10.2 Å². The molecule has 140 valence electrons. The van der Waals surface area contributed by atoms with Crippen LogP contribution in [0.1, 0.15) is 18.4 Å². The summed E-state index contributed by atoms with van der Waals surface area (Å²) < 4.78 is 10.8. The number of benzene rings is 2. The lowest BCUT2D eigenvalue weighted by Gasteiger charge is -2.16. The van der Waals surface area contributed by atoms with E-state index in [-0.39, 0.29) is 12.7 Å². The zero-order chi connectivity index (χ0) is 19.1. The molecule has 0 spiro atoms. The lowest BCUT2D eigenvalue weighted by atomic mass is 9.94. The van der Waals surface area contributed by atoms with Crippen molar-refractivity contribution in [1.82, 2.24) is 4.98 Å². The molecule has 0 saturated heterocycles. The lowest BCUT2D eigenvalue weighted by Crippen LogP contribution is -2.28. The van der Waals surface area contributed by atoms with Crippen LogP contribution in [0.5, 0.6) is 11.5 Å². The number of pyridine rings is 1. The van der Waals surface area contributed by atoms with Crippen LogP contribution in [0.3, 0.4) is 0 Å². The first-order chi connectivity index (χ1) is 13.7. The van der Waals surface area contributed by atoms with Gasteiger partial charge in [0.25, 0.3) is 0 Å². The number of rotatable bonds is 4. The van der Waals surface area contributed by atoms with Gasteiger partial charge >= 0.3 is 0 Å². The van der Waals surface area contributed by atoms with Gasteiger partial charge in [-0.3, -0.25) is 4.79 Å². The molecule has 0 atom stereocenters. The predicted octanol–water partition coefficient (Wildman–Crippen LogP) is 4.80. The van der Waals surface area contributed by atoms with E-state index in [2.05, 4.69) is 10.3 Å². The van der Waals surface area contributed by atoms with Crippen molar-refractivity contribution in [3.05, 3.63) is 71.4 Å². The van der Waals surface area contributed by atoms with Crippen molar-refractivity contribution in [1.29, 1.82) is 0 Å². The van der Waals surface area contributed by atoms with Gasteiger partial charge in [-0.05, 0) is 48.7 Å². The summed E-state index contributed by atoms with van der Waals surface area (Å²) in [6, 6.07) is 17.0. The van der Waals surface area contributed by atoms with Crippen LogP contribution in [-0.4, -0.2) is 17.7 Å². The highest BCUT2D eigenvalue weighted by Crippen LogP contribution is 2.51. The Labute approximate surface area is 167 Å². The summed E-state index contributed by atoms with van der Waals surface area (Å²) in [6.07, 6.45) is 3.32. The van der Waals surface area contributed by atoms with Crippen molar-refractivity contribution in [3.63, 3.8) is 0 Å². The zero-order valence-electron chi connectivity index (χ0n) is 14.9. The number of aromatic nitrogens is 1. The molecule has 1 aromatic heterocycles. The number of ether oxygens (including phenoxy) is 2. The molecular weight excluding hydrogens is 376 g/mol. The smallest absolute Gasteiger partial charge is 0.236 e. The second kappa shape index (κ2) is 6.53. The van der Waals surface area contributed by atoms with Crippen LogP contribution in [0.4, 0.5) is 5.82 Å². The first-order valence-corrected chi connectivity index (χ1v) is 9.46. The molecule has 0 radical (unpaired) electrons. The van der Waals surface area contributed by atoms with Gasteiger partial charge in [-0.2, -0.15) is 0 Å². The number of amides is 1. The minimum absolute atomic E-state index is 0.0515. The van der Waals surface area contributed by atoms with E-state index in [4.69, 9.17) is 21.1 Å². The predicted molar refractivity (Wildman–Crippen MR) is 107 cm³/mol. The molecule has 1 N–H and O–H groups in total. The minimum atomic E-state index is -0.524. The van der Waals surface area contributed by atoms with Crippen LogP contribution < -0.4 is 14.8 Å². The van der Waals surface area contributed by atoms with Gasteiger partial charge in [0.2, 0.25) is 12.7 Å². The van der Waals surface area contributed by atoms with E-state index in [1.54, 1.807) is 12.3 Å². The average molecular weight is 393 g/mol. The molecule has 1 saturated carbocycles. The maximum atomic E-state index is 13.0. The number of hydrogen-bond acceptors (Lipinski definition) is 4. The number of carbonyl (C=O) groups excluding carboxylic acids is 1. The number of nitrogens with one attached hydrogen (secondary N) is 1. The van der Waals surface area contributed by atoms with Crippen LogP contribution >= 0.6 is 11.6 Å². The third-order valence-electron chi connectivity index (χ3n) is 5.30. The Morgan fingerprint density at radius 2 is 1.86 bits per heavy atom. The van der Waals surface area contributed by atoms with Gasteiger partial charge < -0.3 is 14.8 Å². The molecule has 6 heteroatoms. The monoisotopic (exact) mass is 392 g/mol. The SMILES string of the molecule is O=C(Nc1ccc(-c2ccccc2Cl)cn1)C1(c2ccc3c(c2)OCO3)CC1. The summed E-state index contributed by atoms with van der Waals surface area (Å²) in [5.41, 5.74) is 2.24. The fourth-order valence-electron chi connectivity index (χ4n) is 3.52. The van der Waals surface area contributed by atoms with Gasteiger partial charge in [-0.1, -0.05) is 35.9 Å². The summed E-state index contributed by atoms with van der Waals surface area (Å²) in [6.45, 7) is 0.222. The Morgan fingerprint density at radius 1 is 1.04 bits per heavy atom. The number of anilines is 1. The average Bonchev–Trinajstić information content (AvgIpc) is 3.40. The topological polar surface area (TPSA) is 60.5 Å². The number of nitrogens with zero attached hydrogens (tertiary/aromatic N) is 1.